The van der Waals surface area contributed by atoms with E-state index in [1.54, 1.807) is 0 Å². The van der Waals surface area contributed by atoms with E-state index in [4.69, 9.17) is 0 Å². The fourth-order valence-corrected chi connectivity index (χ4v) is 2.29. The molecule has 0 bridgehead atoms. The van der Waals surface area contributed by atoms with Gasteiger partial charge in [0.25, 0.3) is 0 Å². The molecule has 1 heterocycles. The predicted octanol–water partition coefficient (Wildman–Crippen LogP) is 1.98. The van der Waals surface area contributed by atoms with Crippen molar-refractivity contribution >= 4 is 29.0 Å². The minimum Gasteiger partial charge on any atom is -0.356 e. The second-order valence-electron chi connectivity index (χ2n) is 4.02. The number of benzene rings is 2. The van der Waals surface area contributed by atoms with Crippen molar-refractivity contribution in [1.82, 2.24) is 0 Å². The summed E-state index contributed by atoms with van der Waals surface area (Å²) in [6.07, 6.45) is 0. The molecule has 2 aromatic rings. The molecule has 0 unspecified atom stereocenters. The van der Waals surface area contributed by atoms with Crippen molar-refractivity contribution in [3.63, 3.8) is 0 Å². The molecule has 15 heavy (non-hydrogen) atoms. The lowest BCUT2D eigenvalue weighted by molar-refractivity contribution is 1.56. The van der Waals surface area contributed by atoms with E-state index in [0.717, 1.165) is 0 Å². The molecule has 0 radical (unpaired) electrons. The third-order valence-corrected chi connectivity index (χ3v) is 3.12. The van der Waals surface area contributed by atoms with Gasteiger partial charge in [-0.2, -0.15) is 0 Å². The number of fused-ring (bicyclic) bond motifs is 2. The quantitative estimate of drug-likeness (QED) is 0.631. The summed E-state index contributed by atoms with van der Waals surface area (Å²) in [6.45, 7) is 2.75. The first kappa shape index (κ1) is 8.60. The summed E-state index contributed by atoms with van der Waals surface area (Å²) < 4.78 is 0. The maximum atomic E-state index is 3.47. The molecule has 1 aliphatic rings. The first-order valence-electron chi connectivity index (χ1n) is 5.31. The molecule has 0 atom stereocenters. The topological polar surface area (TPSA) is 12.0 Å². The fourth-order valence-electron chi connectivity index (χ4n) is 2.29. The van der Waals surface area contributed by atoms with Gasteiger partial charge in [-0.3, -0.25) is 0 Å². The summed E-state index contributed by atoms with van der Waals surface area (Å²) in [7, 11) is 0. The highest BCUT2D eigenvalue weighted by molar-refractivity contribution is 6.87. The van der Waals surface area contributed by atoms with Crippen LogP contribution in [0.2, 0.25) is 6.82 Å². The number of anilines is 2. The first-order chi connectivity index (χ1) is 7.36. The van der Waals surface area contributed by atoms with Gasteiger partial charge in [-0.1, -0.05) is 54.1 Å². The van der Waals surface area contributed by atoms with E-state index >= 15 is 0 Å². The van der Waals surface area contributed by atoms with Gasteiger partial charge in [0.2, 0.25) is 6.71 Å². The Balaban J connectivity index is 2.20. The van der Waals surface area contributed by atoms with E-state index in [2.05, 4.69) is 60.7 Å². The highest BCUT2D eigenvalue weighted by Gasteiger charge is 2.23. The van der Waals surface area contributed by atoms with Gasteiger partial charge in [0.05, 0.1) is 0 Å². The molecular weight excluding hydrogens is 181 g/mol. The van der Waals surface area contributed by atoms with E-state index in [9.17, 15) is 0 Å². The average molecular weight is 193 g/mol. The predicted molar refractivity (Wildman–Crippen MR) is 67.1 cm³/mol. The summed E-state index contributed by atoms with van der Waals surface area (Å²) in [5.41, 5.74) is 5.25. The summed E-state index contributed by atoms with van der Waals surface area (Å²) in [5.74, 6) is 0. The molecule has 1 aliphatic heterocycles. The Labute approximate surface area is 90.2 Å². The molecule has 3 rings (SSSR count). The molecule has 0 saturated carbocycles. The molecule has 0 spiro atoms. The van der Waals surface area contributed by atoms with Crippen molar-refractivity contribution in [3.05, 3.63) is 48.5 Å². The van der Waals surface area contributed by atoms with Crippen LogP contribution in [0.25, 0.3) is 0 Å². The van der Waals surface area contributed by atoms with Gasteiger partial charge in [0.15, 0.2) is 0 Å². The minimum atomic E-state index is 0.485. The minimum absolute atomic E-state index is 0.485. The summed E-state index contributed by atoms with van der Waals surface area (Å²) in [4.78, 5) is 0. The molecule has 0 aliphatic carbocycles. The van der Waals surface area contributed by atoms with Gasteiger partial charge >= 0.3 is 0 Å². The van der Waals surface area contributed by atoms with E-state index in [0.29, 0.717) is 6.71 Å². The summed E-state index contributed by atoms with van der Waals surface area (Å²) in [5, 5.41) is 3.47. The van der Waals surface area contributed by atoms with Crippen LogP contribution in [0.4, 0.5) is 11.4 Å². The second-order valence-corrected chi connectivity index (χ2v) is 4.02. The van der Waals surface area contributed by atoms with Crippen LogP contribution in [0.15, 0.2) is 48.5 Å². The van der Waals surface area contributed by atoms with Crippen LogP contribution in [0.1, 0.15) is 0 Å². The van der Waals surface area contributed by atoms with Crippen LogP contribution >= 0.6 is 0 Å². The molecule has 0 amide bonds. The second kappa shape index (κ2) is 3.16. The maximum absolute atomic E-state index is 3.47. The third kappa shape index (κ3) is 1.25. The smallest absolute Gasteiger partial charge is 0.211 e. The molecule has 0 fully saturated rings. The van der Waals surface area contributed by atoms with Crippen LogP contribution in [0.5, 0.6) is 0 Å². The Hall–Kier alpha value is -1.70. The zero-order valence-electron chi connectivity index (χ0n) is 8.70. The van der Waals surface area contributed by atoms with Crippen molar-refractivity contribution in [2.45, 2.75) is 6.82 Å². The van der Waals surface area contributed by atoms with E-state index < -0.39 is 0 Å². The van der Waals surface area contributed by atoms with Gasteiger partial charge < -0.3 is 5.32 Å². The first-order valence-corrected chi connectivity index (χ1v) is 5.31. The Bertz CT molecular complexity index is 462. The van der Waals surface area contributed by atoms with Gasteiger partial charge in [-0.25, -0.2) is 0 Å². The lowest BCUT2D eigenvalue weighted by Gasteiger charge is -2.24. The number of rotatable bonds is 0. The van der Waals surface area contributed by atoms with E-state index in [-0.39, 0.29) is 0 Å². The van der Waals surface area contributed by atoms with Crippen molar-refractivity contribution in [3.8, 4) is 0 Å². The molecule has 0 saturated heterocycles. The molecule has 1 N–H and O–H groups in total. The largest absolute Gasteiger partial charge is 0.356 e. The number of hydrogen-bond acceptors (Lipinski definition) is 1. The lowest BCUT2D eigenvalue weighted by Crippen LogP contribution is -2.45. The van der Waals surface area contributed by atoms with Crippen LogP contribution < -0.4 is 16.2 Å². The molecular formula is C13H12BN. The van der Waals surface area contributed by atoms with Crippen LogP contribution in [0, 0.1) is 0 Å². The number of nitrogens with one attached hydrogen (secondary N) is 1. The van der Waals surface area contributed by atoms with E-state index in [1.165, 1.54) is 22.3 Å². The van der Waals surface area contributed by atoms with Gasteiger partial charge in [-0.15, -0.1) is 0 Å². The number of hydrogen-bond donors (Lipinski definition) is 1. The van der Waals surface area contributed by atoms with Crippen molar-refractivity contribution in [2.75, 3.05) is 5.32 Å². The van der Waals surface area contributed by atoms with Crippen molar-refractivity contribution < 1.29 is 0 Å². The molecule has 2 heteroatoms. The lowest BCUT2D eigenvalue weighted by atomic mass is 9.41. The highest BCUT2D eigenvalue weighted by atomic mass is 14.9. The van der Waals surface area contributed by atoms with Crippen LogP contribution in [0.3, 0.4) is 0 Å². The Morgan fingerprint density at radius 3 is 1.80 bits per heavy atom. The SMILES string of the molecule is CB1c2ccccc2Nc2ccccc21. The van der Waals surface area contributed by atoms with Crippen LogP contribution in [-0.4, -0.2) is 6.71 Å². The monoisotopic (exact) mass is 193 g/mol. The third-order valence-electron chi connectivity index (χ3n) is 3.12. The highest BCUT2D eigenvalue weighted by Crippen LogP contribution is 2.18. The molecule has 1 nitrogen and oxygen atoms in total. The molecule has 72 valence electrons. The standard InChI is InChI=1S/C13H12BN/c1-14-10-6-2-4-8-12(10)15-13-9-5-3-7-11(13)14/h2-9,15H,1H3. The van der Waals surface area contributed by atoms with E-state index in [1.807, 2.05) is 0 Å². The number of para-hydroxylation sites is 2. The van der Waals surface area contributed by atoms with Crippen molar-refractivity contribution in [2.24, 2.45) is 0 Å². The van der Waals surface area contributed by atoms with Gasteiger partial charge in [0.1, 0.15) is 0 Å². The zero-order chi connectivity index (χ0) is 10.3. The molecule has 2 aromatic carbocycles. The Kier molecular flexibility index (Phi) is 1.81. The van der Waals surface area contributed by atoms with Crippen LogP contribution in [-0.2, 0) is 0 Å². The zero-order valence-corrected chi connectivity index (χ0v) is 8.70. The maximum Gasteiger partial charge on any atom is 0.211 e. The normalized spacial score (nSPS) is 12.7. The fraction of sp³-hybridized carbons (Fsp3) is 0.0769. The average Bonchev–Trinajstić information content (AvgIpc) is 2.30. The Morgan fingerprint density at radius 2 is 1.27 bits per heavy atom. The molecule has 0 aromatic heterocycles. The van der Waals surface area contributed by atoms with Crippen molar-refractivity contribution in [1.29, 1.82) is 0 Å². The summed E-state index contributed by atoms with van der Waals surface area (Å²) >= 11 is 0. The summed E-state index contributed by atoms with van der Waals surface area (Å²) in [6, 6.07) is 17.0. The van der Waals surface area contributed by atoms with Gasteiger partial charge in [-0.05, 0) is 12.1 Å². The Morgan fingerprint density at radius 1 is 0.800 bits per heavy atom. The van der Waals surface area contributed by atoms with Gasteiger partial charge in [0, 0.05) is 11.4 Å².